The number of hydrogen-bond acceptors (Lipinski definition) is 3. The molecular formula is C20H21NO4. The molecule has 0 radical (unpaired) electrons. The number of carbonyl (C=O) groups is 2. The first-order valence-corrected chi connectivity index (χ1v) is 8.41. The fraction of sp³-hybridized carbons (Fsp3) is 0.300. The number of carboxylic acid groups (broad SMARTS) is 1. The van der Waals surface area contributed by atoms with Crippen LogP contribution in [-0.4, -0.2) is 23.1 Å². The Hall–Kier alpha value is -2.82. The van der Waals surface area contributed by atoms with Crippen LogP contribution in [0.15, 0.2) is 42.5 Å². The molecule has 0 bridgehead atoms. The normalized spacial score (nSPS) is 13.8. The molecule has 25 heavy (non-hydrogen) atoms. The predicted octanol–water partition coefficient (Wildman–Crippen LogP) is 3.21. The number of amides is 1. The van der Waals surface area contributed by atoms with Crippen LogP contribution in [-0.2, 0) is 28.9 Å². The van der Waals surface area contributed by atoms with Crippen molar-refractivity contribution in [2.75, 3.05) is 5.32 Å². The van der Waals surface area contributed by atoms with E-state index in [4.69, 9.17) is 9.84 Å². The lowest BCUT2D eigenvalue weighted by Gasteiger charge is -2.15. The smallest absolute Gasteiger partial charge is 0.307 e. The molecule has 0 aromatic heterocycles. The van der Waals surface area contributed by atoms with Gasteiger partial charge in [-0.25, -0.2) is 0 Å². The molecule has 5 nitrogen and oxygen atoms in total. The molecule has 0 unspecified atom stereocenters. The number of fused-ring (bicyclic) bond motifs is 1. The molecule has 0 aliphatic heterocycles. The Morgan fingerprint density at radius 2 is 1.84 bits per heavy atom. The van der Waals surface area contributed by atoms with Gasteiger partial charge < -0.3 is 15.2 Å². The molecule has 1 aliphatic carbocycles. The second-order valence-electron chi connectivity index (χ2n) is 6.30. The maximum Gasteiger partial charge on any atom is 0.307 e. The lowest BCUT2D eigenvalue weighted by molar-refractivity contribution is -0.136. The highest BCUT2D eigenvalue weighted by Gasteiger charge is 2.17. The van der Waals surface area contributed by atoms with Gasteiger partial charge >= 0.3 is 5.97 Å². The lowest BCUT2D eigenvalue weighted by atomic mass is 10.1. The number of rotatable bonds is 6. The molecule has 2 aromatic rings. The van der Waals surface area contributed by atoms with Crippen molar-refractivity contribution in [3.63, 3.8) is 0 Å². The summed E-state index contributed by atoms with van der Waals surface area (Å²) in [6, 6.07) is 12.8. The number of carbonyl (C=O) groups excluding carboxylic acids is 1. The van der Waals surface area contributed by atoms with Crippen molar-refractivity contribution in [1.29, 1.82) is 0 Å². The largest absolute Gasteiger partial charge is 0.481 e. The van der Waals surface area contributed by atoms with Gasteiger partial charge in [0.1, 0.15) is 5.75 Å². The topological polar surface area (TPSA) is 75.6 Å². The van der Waals surface area contributed by atoms with Gasteiger partial charge in [-0.1, -0.05) is 18.2 Å². The molecule has 2 N–H and O–H groups in total. The molecule has 1 aliphatic rings. The summed E-state index contributed by atoms with van der Waals surface area (Å²) in [5.74, 6) is -0.561. The number of carboxylic acids is 1. The number of benzene rings is 2. The van der Waals surface area contributed by atoms with E-state index in [1.807, 2.05) is 12.1 Å². The van der Waals surface area contributed by atoms with Gasteiger partial charge in [-0.15, -0.1) is 0 Å². The average molecular weight is 339 g/mol. The van der Waals surface area contributed by atoms with Gasteiger partial charge in [-0.3, -0.25) is 9.59 Å². The van der Waals surface area contributed by atoms with Crippen molar-refractivity contribution >= 4 is 17.6 Å². The van der Waals surface area contributed by atoms with E-state index in [0.29, 0.717) is 11.3 Å². The van der Waals surface area contributed by atoms with Gasteiger partial charge in [0.2, 0.25) is 0 Å². The first-order chi connectivity index (χ1) is 12.0. The first kappa shape index (κ1) is 17.0. The highest BCUT2D eigenvalue weighted by molar-refractivity contribution is 5.94. The van der Waals surface area contributed by atoms with Crippen molar-refractivity contribution in [2.45, 2.75) is 38.7 Å². The van der Waals surface area contributed by atoms with Crippen LogP contribution in [0.2, 0.25) is 0 Å². The molecule has 0 saturated heterocycles. The van der Waals surface area contributed by atoms with Crippen molar-refractivity contribution in [1.82, 2.24) is 0 Å². The summed E-state index contributed by atoms with van der Waals surface area (Å²) in [4.78, 5) is 23.0. The van der Waals surface area contributed by atoms with E-state index >= 15 is 0 Å². The van der Waals surface area contributed by atoms with Crippen molar-refractivity contribution in [2.24, 2.45) is 0 Å². The van der Waals surface area contributed by atoms with Crippen LogP contribution in [0.5, 0.6) is 5.75 Å². The summed E-state index contributed by atoms with van der Waals surface area (Å²) in [5, 5.41) is 11.7. The molecule has 3 rings (SSSR count). The zero-order valence-corrected chi connectivity index (χ0v) is 14.1. The van der Waals surface area contributed by atoms with Crippen molar-refractivity contribution in [3.05, 3.63) is 59.2 Å². The van der Waals surface area contributed by atoms with Crippen LogP contribution in [0.1, 0.15) is 30.0 Å². The molecule has 0 heterocycles. The van der Waals surface area contributed by atoms with Gasteiger partial charge in [0, 0.05) is 5.69 Å². The van der Waals surface area contributed by atoms with Crippen LogP contribution >= 0.6 is 0 Å². The number of anilines is 1. The van der Waals surface area contributed by atoms with E-state index in [1.54, 1.807) is 31.2 Å². The van der Waals surface area contributed by atoms with Crippen LogP contribution in [0.4, 0.5) is 5.69 Å². The highest BCUT2D eigenvalue weighted by atomic mass is 16.5. The summed E-state index contributed by atoms with van der Waals surface area (Å²) < 4.78 is 5.64. The molecule has 0 saturated carbocycles. The summed E-state index contributed by atoms with van der Waals surface area (Å²) in [5.41, 5.74) is 4.15. The Bertz CT molecular complexity index is 783. The zero-order chi connectivity index (χ0) is 17.8. The molecule has 0 spiro atoms. The number of aryl methyl sites for hydroxylation is 2. The van der Waals surface area contributed by atoms with Crippen LogP contribution in [0.3, 0.4) is 0 Å². The maximum absolute atomic E-state index is 12.3. The third-order valence-corrected chi connectivity index (χ3v) is 4.33. The predicted molar refractivity (Wildman–Crippen MR) is 95.0 cm³/mol. The summed E-state index contributed by atoms with van der Waals surface area (Å²) >= 11 is 0. The molecular weight excluding hydrogens is 318 g/mol. The Kier molecular flexibility index (Phi) is 5.03. The van der Waals surface area contributed by atoms with Gasteiger partial charge in [-0.2, -0.15) is 0 Å². The number of aliphatic carboxylic acids is 1. The fourth-order valence-corrected chi connectivity index (χ4v) is 3.01. The first-order valence-electron chi connectivity index (χ1n) is 8.41. The minimum atomic E-state index is -0.879. The molecule has 2 aromatic carbocycles. The number of ether oxygens (including phenoxy) is 1. The van der Waals surface area contributed by atoms with Crippen LogP contribution in [0.25, 0.3) is 0 Å². The Labute approximate surface area is 146 Å². The van der Waals surface area contributed by atoms with E-state index in [1.165, 1.54) is 17.5 Å². The lowest BCUT2D eigenvalue weighted by Crippen LogP contribution is -2.30. The maximum atomic E-state index is 12.3. The van der Waals surface area contributed by atoms with E-state index in [9.17, 15) is 9.59 Å². The summed E-state index contributed by atoms with van der Waals surface area (Å²) in [7, 11) is 0. The molecule has 130 valence electrons. The van der Waals surface area contributed by atoms with Crippen LogP contribution < -0.4 is 10.1 Å². The van der Waals surface area contributed by atoms with E-state index in [0.717, 1.165) is 18.5 Å². The SMILES string of the molecule is C[C@@H](Oc1ccc(CC(=O)O)cc1)C(=O)Nc1ccc2c(c1)CCC2. The fourth-order valence-electron chi connectivity index (χ4n) is 3.01. The standard InChI is InChI=1S/C20H21NO4/c1-13(25-18-9-5-14(6-10-18)11-19(22)23)20(24)21-17-8-7-15-3-2-4-16(15)12-17/h5-10,12-13H,2-4,11H2,1H3,(H,21,24)(H,22,23)/t13-/m1/s1. The Morgan fingerprint density at radius 1 is 1.12 bits per heavy atom. The van der Waals surface area contributed by atoms with Crippen molar-refractivity contribution in [3.8, 4) is 5.75 Å². The van der Waals surface area contributed by atoms with Gasteiger partial charge in [-0.05, 0) is 67.1 Å². The third-order valence-electron chi connectivity index (χ3n) is 4.33. The van der Waals surface area contributed by atoms with E-state index in [2.05, 4.69) is 11.4 Å². The molecule has 1 amide bonds. The number of nitrogens with one attached hydrogen (secondary N) is 1. The Balaban J connectivity index is 1.58. The molecule has 5 heteroatoms. The molecule has 0 fully saturated rings. The van der Waals surface area contributed by atoms with Gasteiger partial charge in [0.05, 0.1) is 6.42 Å². The third kappa shape index (κ3) is 4.38. The van der Waals surface area contributed by atoms with Crippen LogP contribution in [0, 0.1) is 0 Å². The van der Waals surface area contributed by atoms with Gasteiger partial charge in [0.25, 0.3) is 5.91 Å². The van der Waals surface area contributed by atoms with Crippen molar-refractivity contribution < 1.29 is 19.4 Å². The van der Waals surface area contributed by atoms with E-state index in [-0.39, 0.29) is 12.3 Å². The van der Waals surface area contributed by atoms with Gasteiger partial charge in [0.15, 0.2) is 6.10 Å². The highest BCUT2D eigenvalue weighted by Crippen LogP contribution is 2.25. The number of hydrogen-bond donors (Lipinski definition) is 2. The summed E-state index contributed by atoms with van der Waals surface area (Å²) in [6.07, 6.45) is 2.66. The second-order valence-corrected chi connectivity index (χ2v) is 6.30. The summed E-state index contributed by atoms with van der Waals surface area (Å²) in [6.45, 7) is 1.69. The minimum Gasteiger partial charge on any atom is -0.481 e. The zero-order valence-electron chi connectivity index (χ0n) is 14.1. The minimum absolute atomic E-state index is 0.0331. The Morgan fingerprint density at radius 3 is 2.56 bits per heavy atom. The average Bonchev–Trinajstić information content (AvgIpc) is 3.03. The quantitative estimate of drug-likeness (QED) is 0.847. The monoisotopic (exact) mass is 339 g/mol. The second kappa shape index (κ2) is 7.38. The van der Waals surface area contributed by atoms with E-state index < -0.39 is 12.1 Å². The molecule has 1 atom stereocenters.